The van der Waals surface area contributed by atoms with Crippen LogP contribution in [0.3, 0.4) is 0 Å². The highest BCUT2D eigenvalue weighted by Gasteiger charge is 2.38. The Kier molecular flexibility index (Phi) is 9.83. The number of hydrogen-bond donors (Lipinski definition) is 2. The number of H-pyrrole nitrogens is 1. The van der Waals surface area contributed by atoms with Crippen LogP contribution in [0.4, 0.5) is 23.2 Å². The molecule has 1 fully saturated rings. The minimum absolute atomic E-state index is 0.0718. The van der Waals surface area contributed by atoms with Crippen molar-refractivity contribution >= 4 is 17.5 Å². The lowest BCUT2D eigenvalue weighted by Gasteiger charge is -2.43. The SMILES string of the molecule is CCOc1ncccc1-c1ccc(N2CCN(C(=O)c3ccc(F)cc3C(F)(F)F)C[C@H]2CC)c(C(=O)NCCc2ncc[nH]2)n1. The van der Waals surface area contributed by atoms with E-state index >= 15 is 0 Å². The molecule has 5 rings (SSSR count). The number of aromatic amines is 1. The van der Waals surface area contributed by atoms with Crippen molar-refractivity contribution in [1.82, 2.24) is 30.2 Å². The topological polar surface area (TPSA) is 116 Å². The van der Waals surface area contributed by atoms with E-state index in [1.807, 2.05) is 18.7 Å². The molecule has 4 aromatic rings. The number of amides is 2. The first-order valence-corrected chi connectivity index (χ1v) is 14.9. The Morgan fingerprint density at radius 2 is 1.91 bits per heavy atom. The number of hydrogen-bond acceptors (Lipinski definition) is 7. The summed E-state index contributed by atoms with van der Waals surface area (Å²) in [6.07, 6.45) is 0.992. The second kappa shape index (κ2) is 14.0. The van der Waals surface area contributed by atoms with Gasteiger partial charge in [0.05, 0.1) is 34.7 Å². The summed E-state index contributed by atoms with van der Waals surface area (Å²) in [7, 11) is 0. The maximum Gasteiger partial charge on any atom is 0.417 e. The first kappa shape index (κ1) is 32.4. The molecule has 0 spiro atoms. The zero-order valence-corrected chi connectivity index (χ0v) is 25.3. The predicted molar refractivity (Wildman–Crippen MR) is 162 cm³/mol. The van der Waals surface area contributed by atoms with E-state index in [1.165, 1.54) is 4.90 Å². The first-order valence-electron chi connectivity index (χ1n) is 14.9. The van der Waals surface area contributed by atoms with Crippen LogP contribution in [0.15, 0.2) is 61.1 Å². The van der Waals surface area contributed by atoms with Crippen molar-refractivity contribution in [2.75, 3.05) is 37.7 Å². The van der Waals surface area contributed by atoms with Crippen molar-refractivity contribution < 1.29 is 31.9 Å². The lowest BCUT2D eigenvalue weighted by atomic mass is 10.0. The van der Waals surface area contributed by atoms with Gasteiger partial charge in [0.15, 0.2) is 5.69 Å². The zero-order chi connectivity index (χ0) is 32.8. The van der Waals surface area contributed by atoms with Gasteiger partial charge < -0.3 is 24.8 Å². The summed E-state index contributed by atoms with van der Waals surface area (Å²) in [5.41, 5.74) is -0.209. The number of pyridine rings is 2. The normalized spacial score (nSPS) is 15.1. The Bertz CT molecular complexity index is 1680. The van der Waals surface area contributed by atoms with E-state index in [4.69, 9.17) is 9.72 Å². The molecular weight excluding hydrogens is 606 g/mol. The second-order valence-corrected chi connectivity index (χ2v) is 10.6. The predicted octanol–water partition coefficient (Wildman–Crippen LogP) is 5.14. The fourth-order valence-corrected chi connectivity index (χ4v) is 5.47. The maximum atomic E-state index is 13.7. The van der Waals surface area contributed by atoms with Crippen LogP contribution in [0.5, 0.6) is 5.88 Å². The number of ether oxygens (including phenoxy) is 1. The van der Waals surface area contributed by atoms with Gasteiger partial charge in [-0.3, -0.25) is 9.59 Å². The van der Waals surface area contributed by atoms with Gasteiger partial charge in [0, 0.05) is 57.2 Å². The highest BCUT2D eigenvalue weighted by molar-refractivity contribution is 5.99. The Morgan fingerprint density at radius 1 is 1.09 bits per heavy atom. The van der Waals surface area contributed by atoms with Gasteiger partial charge in [0.25, 0.3) is 11.8 Å². The average molecular weight is 640 g/mol. The molecule has 1 aliphatic heterocycles. The molecule has 0 saturated carbocycles. The van der Waals surface area contributed by atoms with Gasteiger partial charge in [0.2, 0.25) is 5.88 Å². The minimum Gasteiger partial charge on any atom is -0.477 e. The summed E-state index contributed by atoms with van der Waals surface area (Å²) in [6, 6.07) is 8.77. The molecule has 1 aliphatic rings. The molecule has 0 unspecified atom stereocenters. The number of benzene rings is 1. The third-order valence-electron chi connectivity index (χ3n) is 7.69. The molecule has 0 bridgehead atoms. The van der Waals surface area contributed by atoms with Gasteiger partial charge in [-0.05, 0) is 55.8 Å². The standard InChI is InChI=1S/C32H33F4N7O3/c1-3-21-19-42(31(45)22-8-7-20(33)18-24(22)32(34,35)36)16-17-43(21)26-10-9-25(23-6-5-12-40-30(23)46-4-2)41-28(26)29(44)39-13-11-27-37-14-15-38-27/h5-10,12,14-15,18,21H,3-4,11,13,16-17,19H2,1-2H3,(H,37,38)(H,39,44)/t21-/m1/s1. The van der Waals surface area contributed by atoms with E-state index in [2.05, 4.69) is 20.3 Å². The molecule has 4 heterocycles. The number of carbonyl (C=O) groups excluding carboxylic acids is 2. The van der Waals surface area contributed by atoms with Gasteiger partial charge in [-0.1, -0.05) is 6.92 Å². The average Bonchev–Trinajstić information content (AvgIpc) is 3.57. The highest BCUT2D eigenvalue weighted by Crippen LogP contribution is 2.35. The van der Waals surface area contributed by atoms with Crippen LogP contribution in [-0.4, -0.2) is 75.5 Å². The fourth-order valence-electron chi connectivity index (χ4n) is 5.47. The lowest BCUT2D eigenvalue weighted by Crippen LogP contribution is -2.55. The van der Waals surface area contributed by atoms with Gasteiger partial charge in [-0.15, -0.1) is 0 Å². The molecule has 10 nitrogen and oxygen atoms in total. The van der Waals surface area contributed by atoms with E-state index in [0.717, 1.165) is 12.1 Å². The first-order chi connectivity index (χ1) is 22.1. The number of piperazine rings is 1. The Morgan fingerprint density at radius 3 is 2.63 bits per heavy atom. The summed E-state index contributed by atoms with van der Waals surface area (Å²) < 4.78 is 60.4. The molecule has 2 amide bonds. The van der Waals surface area contributed by atoms with Crippen LogP contribution in [0.1, 0.15) is 52.5 Å². The summed E-state index contributed by atoms with van der Waals surface area (Å²) in [4.78, 5) is 46.5. The number of carbonyl (C=O) groups is 2. The molecule has 0 aliphatic carbocycles. The van der Waals surface area contributed by atoms with Crippen LogP contribution in [-0.2, 0) is 12.6 Å². The molecule has 242 valence electrons. The summed E-state index contributed by atoms with van der Waals surface area (Å²) in [5.74, 6) is -1.27. The van der Waals surface area contributed by atoms with E-state index in [1.54, 1.807) is 42.9 Å². The van der Waals surface area contributed by atoms with Gasteiger partial charge in [0.1, 0.15) is 11.6 Å². The Hall–Kier alpha value is -5.01. The van der Waals surface area contributed by atoms with Crippen molar-refractivity contribution in [3.05, 3.63) is 89.5 Å². The third kappa shape index (κ3) is 7.11. The van der Waals surface area contributed by atoms with Gasteiger partial charge in [-0.25, -0.2) is 19.3 Å². The van der Waals surface area contributed by atoms with Gasteiger partial charge in [-0.2, -0.15) is 13.2 Å². The molecule has 0 radical (unpaired) electrons. The van der Waals surface area contributed by atoms with Crippen molar-refractivity contribution in [2.24, 2.45) is 0 Å². The number of halogens is 4. The largest absolute Gasteiger partial charge is 0.477 e. The van der Waals surface area contributed by atoms with Crippen LogP contribution in [0.25, 0.3) is 11.3 Å². The Labute approximate surface area is 262 Å². The maximum absolute atomic E-state index is 13.7. The Balaban J connectivity index is 1.44. The molecule has 1 aromatic carbocycles. The van der Waals surface area contributed by atoms with Crippen molar-refractivity contribution in [3.8, 4) is 17.1 Å². The number of alkyl halides is 3. The lowest BCUT2D eigenvalue weighted by molar-refractivity contribution is -0.138. The van der Waals surface area contributed by atoms with Crippen molar-refractivity contribution in [1.29, 1.82) is 0 Å². The number of aromatic nitrogens is 4. The highest BCUT2D eigenvalue weighted by atomic mass is 19.4. The van der Waals surface area contributed by atoms with Gasteiger partial charge >= 0.3 is 6.18 Å². The molecular formula is C32H33F4N7O3. The summed E-state index contributed by atoms with van der Waals surface area (Å²) in [5, 5.41) is 2.90. The van der Waals surface area contributed by atoms with E-state index < -0.39 is 34.9 Å². The summed E-state index contributed by atoms with van der Waals surface area (Å²) in [6.45, 7) is 4.77. The number of imidazole rings is 1. The molecule has 14 heteroatoms. The molecule has 46 heavy (non-hydrogen) atoms. The van der Waals surface area contributed by atoms with Crippen LogP contribution in [0, 0.1) is 5.82 Å². The minimum atomic E-state index is -4.90. The monoisotopic (exact) mass is 639 g/mol. The van der Waals surface area contributed by atoms with Crippen molar-refractivity contribution in [3.63, 3.8) is 0 Å². The number of nitrogens with zero attached hydrogens (tertiary/aromatic N) is 5. The van der Waals surface area contributed by atoms with E-state index in [9.17, 15) is 27.2 Å². The summed E-state index contributed by atoms with van der Waals surface area (Å²) >= 11 is 0. The van der Waals surface area contributed by atoms with Crippen LogP contribution < -0.4 is 15.0 Å². The van der Waals surface area contributed by atoms with E-state index in [-0.39, 0.29) is 37.9 Å². The van der Waals surface area contributed by atoms with Crippen molar-refractivity contribution in [2.45, 2.75) is 38.9 Å². The molecule has 1 atom stereocenters. The smallest absolute Gasteiger partial charge is 0.417 e. The number of rotatable bonds is 10. The van der Waals surface area contributed by atoms with Crippen LogP contribution in [0.2, 0.25) is 0 Å². The number of anilines is 1. The second-order valence-electron chi connectivity index (χ2n) is 10.6. The fraction of sp³-hybridized carbons (Fsp3) is 0.344. The third-order valence-corrected chi connectivity index (χ3v) is 7.69. The molecule has 3 aromatic heterocycles. The zero-order valence-electron chi connectivity index (χ0n) is 25.3. The molecule has 1 saturated heterocycles. The van der Waals surface area contributed by atoms with E-state index in [0.29, 0.717) is 54.2 Å². The molecule has 2 N–H and O–H groups in total. The van der Waals surface area contributed by atoms with Crippen LogP contribution >= 0.6 is 0 Å². The number of nitrogens with one attached hydrogen (secondary N) is 2. The quantitative estimate of drug-likeness (QED) is 0.231.